The number of hydrogen-bond acceptors (Lipinski definition) is 4. The Hall–Kier alpha value is -1.83. The van der Waals surface area contributed by atoms with Crippen LogP contribution in [-0.4, -0.2) is 28.9 Å². The highest BCUT2D eigenvalue weighted by atomic mass is 16.4. The van der Waals surface area contributed by atoms with Crippen molar-refractivity contribution >= 4 is 5.91 Å². The molecule has 0 aliphatic carbocycles. The molecule has 1 rings (SSSR count). The van der Waals surface area contributed by atoms with Crippen LogP contribution in [0.1, 0.15) is 35.5 Å². The average molecular weight is 221 g/mol. The van der Waals surface area contributed by atoms with Crippen molar-refractivity contribution in [1.82, 2.24) is 9.88 Å². The summed E-state index contributed by atoms with van der Waals surface area (Å²) in [7, 11) is 1.65. The second kappa shape index (κ2) is 4.79. The highest BCUT2D eigenvalue weighted by Gasteiger charge is 2.23. The van der Waals surface area contributed by atoms with E-state index in [2.05, 4.69) is 4.98 Å². The van der Waals surface area contributed by atoms with Gasteiger partial charge in [0.05, 0.1) is 18.2 Å². The first kappa shape index (κ1) is 12.2. The topological polar surface area (TPSA) is 70.1 Å². The normalized spacial score (nSPS) is 11.9. The monoisotopic (exact) mass is 221 g/mol. The smallest absolute Gasteiger partial charge is 0.291 e. The predicted octanol–water partition coefficient (Wildman–Crippen LogP) is 1.67. The molecule has 86 valence electrons. The van der Waals surface area contributed by atoms with Gasteiger partial charge in [0.15, 0.2) is 5.89 Å². The predicted molar refractivity (Wildman–Crippen MR) is 57.8 cm³/mol. The molecule has 5 heteroatoms. The second-order valence-electron chi connectivity index (χ2n) is 3.77. The largest absolute Gasteiger partial charge is 0.436 e. The minimum absolute atomic E-state index is 0.137. The maximum atomic E-state index is 12.0. The van der Waals surface area contributed by atoms with Gasteiger partial charge in [-0.15, -0.1) is 0 Å². The van der Waals surface area contributed by atoms with E-state index in [4.69, 9.17) is 9.68 Å². The molecule has 0 radical (unpaired) electrons. The van der Waals surface area contributed by atoms with Crippen LogP contribution >= 0.6 is 0 Å². The van der Waals surface area contributed by atoms with Gasteiger partial charge in [-0.1, -0.05) is 0 Å². The van der Waals surface area contributed by atoms with Crippen LogP contribution in [0.5, 0.6) is 0 Å². The summed E-state index contributed by atoms with van der Waals surface area (Å²) < 4.78 is 5.24. The summed E-state index contributed by atoms with van der Waals surface area (Å²) in [5, 5.41) is 8.57. The molecule has 1 aromatic heterocycles. The zero-order chi connectivity index (χ0) is 12.3. The first-order valence-corrected chi connectivity index (χ1v) is 5.05. The van der Waals surface area contributed by atoms with Crippen molar-refractivity contribution in [2.24, 2.45) is 0 Å². The van der Waals surface area contributed by atoms with Gasteiger partial charge in [0.25, 0.3) is 5.91 Å². The van der Waals surface area contributed by atoms with Crippen molar-refractivity contribution in [3.05, 3.63) is 17.3 Å². The van der Waals surface area contributed by atoms with Crippen molar-refractivity contribution in [3.63, 3.8) is 0 Å². The molecule has 1 amide bonds. The molecule has 1 heterocycles. The molecule has 0 aromatic carbocycles. The number of aromatic nitrogens is 1. The quantitative estimate of drug-likeness (QED) is 0.778. The summed E-state index contributed by atoms with van der Waals surface area (Å²) in [4.78, 5) is 17.5. The van der Waals surface area contributed by atoms with Gasteiger partial charge in [0.1, 0.15) is 0 Å². The molecule has 0 aliphatic heterocycles. The van der Waals surface area contributed by atoms with Crippen molar-refractivity contribution in [2.75, 3.05) is 7.05 Å². The van der Waals surface area contributed by atoms with E-state index >= 15 is 0 Å². The lowest BCUT2D eigenvalue weighted by Gasteiger charge is -2.21. The zero-order valence-corrected chi connectivity index (χ0v) is 9.94. The van der Waals surface area contributed by atoms with E-state index in [1.165, 1.54) is 4.90 Å². The fraction of sp³-hybridized carbons (Fsp3) is 0.545. The number of hydrogen-bond donors (Lipinski definition) is 0. The maximum absolute atomic E-state index is 12.0. The van der Waals surface area contributed by atoms with Gasteiger partial charge in [-0.25, -0.2) is 4.98 Å². The molecule has 0 N–H and O–H groups in total. The third-order valence-corrected chi connectivity index (χ3v) is 2.47. The highest BCUT2D eigenvalue weighted by Crippen LogP contribution is 2.13. The summed E-state index contributed by atoms with van der Waals surface area (Å²) in [5.41, 5.74) is 0.582. The minimum Gasteiger partial charge on any atom is -0.436 e. The number of carbonyl (C=O) groups excluding carboxylic acids is 1. The molecular weight excluding hydrogens is 206 g/mol. The minimum atomic E-state index is -0.235. The van der Waals surface area contributed by atoms with E-state index in [0.29, 0.717) is 18.0 Å². The van der Waals surface area contributed by atoms with Crippen LogP contribution in [0.4, 0.5) is 0 Å². The number of amides is 1. The fourth-order valence-corrected chi connectivity index (χ4v) is 1.36. The molecule has 1 unspecified atom stereocenters. The Labute approximate surface area is 94.7 Å². The Kier molecular flexibility index (Phi) is 3.67. The highest BCUT2D eigenvalue weighted by molar-refractivity contribution is 5.92. The Morgan fingerprint density at radius 2 is 2.25 bits per heavy atom. The second-order valence-corrected chi connectivity index (χ2v) is 3.77. The van der Waals surface area contributed by atoms with Crippen LogP contribution in [0, 0.1) is 25.2 Å². The lowest BCUT2D eigenvalue weighted by atomic mass is 10.2. The van der Waals surface area contributed by atoms with E-state index in [1.54, 1.807) is 20.9 Å². The van der Waals surface area contributed by atoms with Crippen LogP contribution < -0.4 is 0 Å². The standard InChI is InChI=1S/C11H15N3O2/c1-7(5-6-12)14(4)11(15)10-8(2)13-9(3)16-10/h7H,5H2,1-4H3. The molecule has 0 aliphatic rings. The summed E-state index contributed by atoms with van der Waals surface area (Å²) >= 11 is 0. The van der Waals surface area contributed by atoms with E-state index in [1.807, 2.05) is 13.0 Å². The van der Waals surface area contributed by atoms with E-state index in [9.17, 15) is 4.79 Å². The molecule has 0 bridgehead atoms. The van der Waals surface area contributed by atoms with Crippen LogP contribution in [-0.2, 0) is 0 Å². The summed E-state index contributed by atoms with van der Waals surface area (Å²) in [6.07, 6.45) is 0.300. The molecule has 1 aromatic rings. The Morgan fingerprint density at radius 1 is 1.62 bits per heavy atom. The lowest BCUT2D eigenvalue weighted by molar-refractivity contribution is 0.0711. The maximum Gasteiger partial charge on any atom is 0.291 e. The molecular formula is C11H15N3O2. The van der Waals surface area contributed by atoms with Crippen molar-refractivity contribution < 1.29 is 9.21 Å². The Bertz CT molecular complexity index is 431. The molecule has 0 fully saturated rings. The number of aryl methyl sites for hydroxylation is 2. The van der Waals surface area contributed by atoms with E-state index in [-0.39, 0.29) is 17.7 Å². The van der Waals surface area contributed by atoms with Crippen LogP contribution in [0.25, 0.3) is 0 Å². The van der Waals surface area contributed by atoms with Crippen molar-refractivity contribution in [2.45, 2.75) is 33.2 Å². The van der Waals surface area contributed by atoms with Gasteiger partial charge in [-0.05, 0) is 13.8 Å². The van der Waals surface area contributed by atoms with Gasteiger partial charge in [0.2, 0.25) is 5.76 Å². The number of rotatable bonds is 3. The molecule has 1 atom stereocenters. The van der Waals surface area contributed by atoms with Crippen LogP contribution in [0.2, 0.25) is 0 Å². The summed E-state index contributed by atoms with van der Waals surface area (Å²) in [5.74, 6) is 0.493. The van der Waals surface area contributed by atoms with Gasteiger partial charge in [-0.3, -0.25) is 4.79 Å². The molecule has 16 heavy (non-hydrogen) atoms. The van der Waals surface area contributed by atoms with Gasteiger partial charge in [0, 0.05) is 20.0 Å². The Balaban J connectivity index is 2.86. The van der Waals surface area contributed by atoms with Gasteiger partial charge < -0.3 is 9.32 Å². The van der Waals surface area contributed by atoms with E-state index in [0.717, 1.165) is 0 Å². The molecule has 5 nitrogen and oxygen atoms in total. The first-order chi connectivity index (χ1) is 7.47. The number of nitriles is 1. The Morgan fingerprint density at radius 3 is 2.69 bits per heavy atom. The number of nitrogens with zero attached hydrogens (tertiary/aromatic N) is 3. The van der Waals surface area contributed by atoms with Crippen LogP contribution in [0.15, 0.2) is 4.42 Å². The lowest BCUT2D eigenvalue weighted by Crippen LogP contribution is -2.34. The molecule has 0 saturated carbocycles. The van der Waals surface area contributed by atoms with E-state index < -0.39 is 0 Å². The third-order valence-electron chi connectivity index (χ3n) is 2.47. The van der Waals surface area contributed by atoms with Crippen LogP contribution in [0.3, 0.4) is 0 Å². The fourth-order valence-electron chi connectivity index (χ4n) is 1.36. The first-order valence-electron chi connectivity index (χ1n) is 5.05. The van der Waals surface area contributed by atoms with Gasteiger partial charge >= 0.3 is 0 Å². The third kappa shape index (κ3) is 2.40. The number of oxazole rings is 1. The molecule has 0 spiro atoms. The average Bonchev–Trinajstić information content (AvgIpc) is 2.56. The summed E-state index contributed by atoms with van der Waals surface area (Å²) in [6.45, 7) is 5.24. The van der Waals surface area contributed by atoms with Gasteiger partial charge in [-0.2, -0.15) is 5.26 Å². The molecule has 0 saturated heterocycles. The zero-order valence-electron chi connectivity index (χ0n) is 9.94. The SMILES string of the molecule is Cc1nc(C)c(C(=O)N(C)C(C)CC#N)o1. The van der Waals surface area contributed by atoms with Crippen molar-refractivity contribution in [1.29, 1.82) is 5.26 Å². The summed E-state index contributed by atoms with van der Waals surface area (Å²) in [6, 6.07) is 1.90. The number of carbonyl (C=O) groups is 1. The van der Waals surface area contributed by atoms with Crippen molar-refractivity contribution in [3.8, 4) is 6.07 Å².